The summed E-state index contributed by atoms with van der Waals surface area (Å²) in [6, 6.07) is -1.000. The molecule has 0 bridgehead atoms. The van der Waals surface area contributed by atoms with Crippen molar-refractivity contribution in [3.05, 3.63) is 109 Å². The SMILES string of the molecule is CC/C=C\C/C=C\C/C=C\C/C=C\C/C=C\C/C=C\CCCCCCCCCCCCCCCCCCCCCCC(=O)NC(COC1OC(CO)C(OC2OC(CO)C(OC3OC(CO)C(O)C(O)C3O)C(O)C2O)C(O)C1O)C(O)/C=C/CC/C=C/CC/C=C/CCCCCC. The zero-order valence-electron chi connectivity index (χ0n) is 60.0. The Morgan fingerprint density at radius 2 is 0.714 bits per heavy atom. The van der Waals surface area contributed by atoms with Gasteiger partial charge in [-0.15, -0.1) is 0 Å². The second-order valence-electron chi connectivity index (χ2n) is 26.7. The molecule has 3 heterocycles. The molecule has 0 saturated carbocycles. The van der Waals surface area contributed by atoms with E-state index in [-0.39, 0.29) is 18.9 Å². The van der Waals surface area contributed by atoms with Crippen molar-refractivity contribution in [1.29, 1.82) is 0 Å². The van der Waals surface area contributed by atoms with Crippen molar-refractivity contribution in [1.82, 2.24) is 5.32 Å². The van der Waals surface area contributed by atoms with Gasteiger partial charge in [-0.3, -0.25) is 4.79 Å². The Hall–Kier alpha value is -3.55. The number of carbonyl (C=O) groups excluding carboxylic acids is 1. The number of carbonyl (C=O) groups is 1. The smallest absolute Gasteiger partial charge is 0.220 e. The van der Waals surface area contributed by atoms with E-state index in [0.29, 0.717) is 12.8 Å². The van der Waals surface area contributed by atoms with Gasteiger partial charge in [0.1, 0.15) is 73.2 Å². The van der Waals surface area contributed by atoms with E-state index < -0.39 is 124 Å². The number of rotatable bonds is 58. The molecule has 3 aliphatic heterocycles. The van der Waals surface area contributed by atoms with Gasteiger partial charge in [0.25, 0.3) is 0 Å². The number of amides is 1. The Balaban J connectivity index is 1.31. The summed E-state index contributed by atoms with van der Waals surface area (Å²) in [5.41, 5.74) is 0. The molecular formula is C79H135NO18. The molecule has 19 nitrogen and oxygen atoms in total. The fourth-order valence-corrected chi connectivity index (χ4v) is 12.2. The second kappa shape index (κ2) is 58.9. The Labute approximate surface area is 589 Å². The van der Waals surface area contributed by atoms with E-state index in [1.165, 1.54) is 135 Å². The van der Waals surface area contributed by atoms with Gasteiger partial charge >= 0.3 is 0 Å². The van der Waals surface area contributed by atoms with Crippen LogP contribution in [-0.4, -0.2) is 193 Å². The lowest BCUT2D eigenvalue weighted by Gasteiger charge is -2.48. The minimum absolute atomic E-state index is 0.229. The Bertz CT molecular complexity index is 2200. The fraction of sp³-hybridized carbons (Fsp3) is 0.759. The quantitative estimate of drug-likeness (QED) is 0.0199. The standard InChI is InChI=1S/C79H135NO18/c1-3-5-7-9-11-13-15-17-19-20-21-22-23-24-25-26-27-28-29-30-31-32-33-34-35-36-37-38-39-40-41-42-43-45-47-49-51-53-55-57-67(85)80-62(63(84)56-54-52-50-48-46-44-18-16-14-12-10-8-6-4-2)61-93-77-73(91)70(88)75(65(59-82)95-77)98-79-74(92)71(89)76(66(60-83)96-79)97-78-72(90)69(87)68(86)64(58-81)94-78/h5,7,11,13-14,16-17,19,21-22,24-25,27-28,46,48,54,56,62-66,68-79,81-84,86-92H,3-4,6,8-10,12,15,18,20,23,26,29-45,47,49-53,55,57-61H2,1-2H3,(H,80,85)/b7-5-,13-11-,16-14+,19-17-,22-21-,25-24-,28-27-,48-46+,56-54+. The molecule has 3 saturated heterocycles. The largest absolute Gasteiger partial charge is 0.394 e. The maximum absolute atomic E-state index is 13.4. The summed E-state index contributed by atoms with van der Waals surface area (Å²) in [5, 5.41) is 121. The van der Waals surface area contributed by atoms with Crippen LogP contribution < -0.4 is 5.32 Å². The molecule has 0 aliphatic carbocycles. The average molecular weight is 1390 g/mol. The number of aliphatic hydroxyl groups is 11. The van der Waals surface area contributed by atoms with Gasteiger partial charge in [-0.1, -0.05) is 258 Å². The van der Waals surface area contributed by atoms with Crippen LogP contribution in [0.3, 0.4) is 0 Å². The van der Waals surface area contributed by atoms with Crippen molar-refractivity contribution in [2.24, 2.45) is 0 Å². The molecule has 19 heteroatoms. The molecule has 17 atom stereocenters. The third-order valence-corrected chi connectivity index (χ3v) is 18.3. The van der Waals surface area contributed by atoms with Crippen molar-refractivity contribution < 1.29 is 89.4 Å². The van der Waals surface area contributed by atoms with Crippen LogP contribution in [0.5, 0.6) is 0 Å². The minimum Gasteiger partial charge on any atom is -0.394 e. The highest BCUT2D eigenvalue weighted by molar-refractivity contribution is 5.76. The van der Waals surface area contributed by atoms with Crippen LogP contribution in [0.4, 0.5) is 0 Å². The van der Waals surface area contributed by atoms with Crippen molar-refractivity contribution in [3.8, 4) is 0 Å². The lowest BCUT2D eigenvalue weighted by Crippen LogP contribution is -2.66. The Kier molecular flexibility index (Phi) is 53.3. The van der Waals surface area contributed by atoms with Crippen LogP contribution >= 0.6 is 0 Å². The summed E-state index contributed by atoms with van der Waals surface area (Å²) in [6.07, 6.45) is 53.8. The number of unbranched alkanes of at least 4 members (excludes halogenated alkanes) is 26. The van der Waals surface area contributed by atoms with E-state index in [9.17, 15) is 61.0 Å². The maximum Gasteiger partial charge on any atom is 0.220 e. The summed E-state index contributed by atoms with van der Waals surface area (Å²) in [5.74, 6) is -0.291. The third-order valence-electron chi connectivity index (χ3n) is 18.3. The second-order valence-corrected chi connectivity index (χ2v) is 26.7. The highest BCUT2D eigenvalue weighted by atomic mass is 16.8. The number of hydrogen-bond donors (Lipinski definition) is 12. The molecule has 3 fully saturated rings. The Morgan fingerprint density at radius 3 is 1.14 bits per heavy atom. The molecule has 17 unspecified atom stereocenters. The third kappa shape index (κ3) is 39.2. The molecule has 0 aromatic heterocycles. The maximum atomic E-state index is 13.4. The van der Waals surface area contributed by atoms with Crippen molar-refractivity contribution in [3.63, 3.8) is 0 Å². The monoisotopic (exact) mass is 1390 g/mol. The van der Waals surface area contributed by atoms with E-state index in [4.69, 9.17) is 28.4 Å². The molecule has 0 aromatic rings. The van der Waals surface area contributed by atoms with Crippen LogP contribution in [-0.2, 0) is 33.2 Å². The van der Waals surface area contributed by atoms with Gasteiger partial charge in [0.15, 0.2) is 18.9 Å². The molecule has 1 amide bonds. The van der Waals surface area contributed by atoms with Gasteiger partial charge in [0.2, 0.25) is 5.91 Å². The van der Waals surface area contributed by atoms with Crippen LogP contribution in [0, 0.1) is 0 Å². The first-order chi connectivity index (χ1) is 47.8. The molecular weight excluding hydrogens is 1250 g/mol. The van der Waals surface area contributed by atoms with E-state index >= 15 is 0 Å². The van der Waals surface area contributed by atoms with E-state index in [0.717, 1.165) is 83.5 Å². The number of ether oxygens (including phenoxy) is 6. The first-order valence-electron chi connectivity index (χ1n) is 38.1. The summed E-state index contributed by atoms with van der Waals surface area (Å²) in [4.78, 5) is 13.4. The number of hydrogen-bond acceptors (Lipinski definition) is 18. The van der Waals surface area contributed by atoms with Crippen LogP contribution in [0.1, 0.15) is 251 Å². The van der Waals surface area contributed by atoms with Crippen molar-refractivity contribution in [2.45, 2.75) is 356 Å². The fourth-order valence-electron chi connectivity index (χ4n) is 12.2. The van der Waals surface area contributed by atoms with Crippen molar-refractivity contribution >= 4 is 5.91 Å². The highest BCUT2D eigenvalue weighted by Gasteiger charge is 2.53. The van der Waals surface area contributed by atoms with Gasteiger partial charge in [-0.25, -0.2) is 0 Å². The molecule has 564 valence electrons. The molecule has 0 aromatic carbocycles. The van der Waals surface area contributed by atoms with E-state index in [2.05, 4.69) is 116 Å². The van der Waals surface area contributed by atoms with E-state index in [1.54, 1.807) is 6.08 Å². The van der Waals surface area contributed by atoms with Crippen LogP contribution in [0.15, 0.2) is 109 Å². The molecule has 0 radical (unpaired) electrons. The Morgan fingerprint density at radius 1 is 0.378 bits per heavy atom. The molecule has 3 aliphatic rings. The number of allylic oxidation sites excluding steroid dienone is 17. The zero-order chi connectivity index (χ0) is 71.1. The van der Waals surface area contributed by atoms with Crippen molar-refractivity contribution in [2.75, 3.05) is 26.4 Å². The van der Waals surface area contributed by atoms with Gasteiger partial charge in [0, 0.05) is 6.42 Å². The topological polar surface area (TPSA) is 307 Å². The molecule has 0 spiro atoms. The minimum atomic E-state index is -1.99. The molecule has 12 N–H and O–H groups in total. The summed E-state index contributed by atoms with van der Waals surface area (Å²) < 4.78 is 34.3. The predicted octanol–water partition coefficient (Wildman–Crippen LogP) is 11.8. The highest BCUT2D eigenvalue weighted by Crippen LogP contribution is 2.33. The zero-order valence-corrected chi connectivity index (χ0v) is 60.0. The van der Waals surface area contributed by atoms with Gasteiger partial charge in [-0.05, 0) is 96.3 Å². The summed E-state index contributed by atoms with van der Waals surface area (Å²) in [6.45, 7) is 1.56. The number of aliphatic hydroxyl groups excluding tert-OH is 11. The number of nitrogens with one attached hydrogen (secondary N) is 1. The van der Waals surface area contributed by atoms with Crippen LogP contribution in [0.2, 0.25) is 0 Å². The molecule has 98 heavy (non-hydrogen) atoms. The van der Waals surface area contributed by atoms with Gasteiger partial charge in [0.05, 0.1) is 38.6 Å². The first kappa shape index (κ1) is 88.7. The lowest BCUT2D eigenvalue weighted by molar-refractivity contribution is -0.379. The normalized spacial score (nSPS) is 27.4. The molecule has 3 rings (SSSR count). The van der Waals surface area contributed by atoms with Crippen LogP contribution in [0.25, 0.3) is 0 Å². The van der Waals surface area contributed by atoms with E-state index in [1.807, 2.05) is 6.08 Å². The lowest BCUT2D eigenvalue weighted by atomic mass is 9.96. The first-order valence-corrected chi connectivity index (χ1v) is 38.1. The van der Waals surface area contributed by atoms with Gasteiger partial charge < -0.3 is 89.9 Å². The average Bonchev–Trinajstić information content (AvgIpc) is 0.785. The summed E-state index contributed by atoms with van der Waals surface area (Å²) >= 11 is 0. The summed E-state index contributed by atoms with van der Waals surface area (Å²) in [7, 11) is 0. The predicted molar refractivity (Wildman–Crippen MR) is 387 cm³/mol. The van der Waals surface area contributed by atoms with Gasteiger partial charge in [-0.2, -0.15) is 0 Å².